The predicted molar refractivity (Wildman–Crippen MR) is 91.3 cm³/mol. The summed E-state index contributed by atoms with van der Waals surface area (Å²) < 4.78 is 3.79. The largest absolute Gasteiger partial charge is 0.382 e. The van der Waals surface area contributed by atoms with E-state index in [-0.39, 0.29) is 6.04 Å². The number of rotatable bonds is 6. The predicted octanol–water partition coefficient (Wildman–Crippen LogP) is 1.80. The van der Waals surface area contributed by atoms with Crippen LogP contribution in [0.5, 0.6) is 0 Å². The van der Waals surface area contributed by atoms with Gasteiger partial charge in [-0.2, -0.15) is 5.10 Å². The second-order valence-corrected chi connectivity index (χ2v) is 7.63. The maximum Gasteiger partial charge on any atom is 0.124 e. The number of aliphatic hydroxyl groups is 1. The smallest absolute Gasteiger partial charge is 0.124 e. The van der Waals surface area contributed by atoms with Crippen LogP contribution in [0, 0.1) is 5.92 Å². The van der Waals surface area contributed by atoms with Gasteiger partial charge in [-0.1, -0.05) is 19.1 Å². The third-order valence-corrected chi connectivity index (χ3v) is 4.49. The lowest BCUT2D eigenvalue weighted by Gasteiger charge is -2.20. The minimum atomic E-state index is -0.902. The molecular formula is C17H28N6O. The van der Waals surface area contributed by atoms with Gasteiger partial charge in [0.05, 0.1) is 12.4 Å². The molecule has 3 rings (SSSR count). The molecule has 1 aliphatic rings. The van der Waals surface area contributed by atoms with Crippen LogP contribution in [0.15, 0.2) is 18.6 Å². The first-order chi connectivity index (χ1) is 11.4. The van der Waals surface area contributed by atoms with Crippen LogP contribution in [0.1, 0.15) is 51.4 Å². The van der Waals surface area contributed by atoms with Gasteiger partial charge in [0, 0.05) is 44.0 Å². The summed E-state index contributed by atoms with van der Waals surface area (Å²) in [6.07, 6.45) is 6.58. The molecule has 132 valence electrons. The van der Waals surface area contributed by atoms with Crippen LogP contribution in [0.25, 0.3) is 0 Å². The van der Waals surface area contributed by atoms with Gasteiger partial charge in [0.1, 0.15) is 11.3 Å². The summed E-state index contributed by atoms with van der Waals surface area (Å²) in [5, 5.41) is 23.7. The second kappa shape index (κ2) is 6.64. The summed E-state index contributed by atoms with van der Waals surface area (Å²) in [4.78, 5) is 2.26. The summed E-state index contributed by atoms with van der Waals surface area (Å²) in [7, 11) is 0. The minimum Gasteiger partial charge on any atom is -0.382 e. The van der Waals surface area contributed by atoms with Gasteiger partial charge in [-0.3, -0.25) is 9.58 Å². The van der Waals surface area contributed by atoms with Crippen LogP contribution < -0.4 is 0 Å². The molecular weight excluding hydrogens is 304 g/mol. The van der Waals surface area contributed by atoms with Gasteiger partial charge < -0.3 is 5.11 Å². The molecule has 1 unspecified atom stereocenters. The first-order valence-corrected chi connectivity index (χ1v) is 8.74. The molecule has 1 fully saturated rings. The molecule has 3 heterocycles. The Morgan fingerprint density at radius 3 is 2.71 bits per heavy atom. The SMILES string of the molecule is CC(C)Cn1cc(CN2CCC(O)(c3cn(C(C)C)nn3)C2)cn1. The van der Waals surface area contributed by atoms with Gasteiger partial charge in [-0.05, 0) is 26.2 Å². The van der Waals surface area contributed by atoms with Crippen molar-refractivity contribution in [3.63, 3.8) is 0 Å². The molecule has 1 aliphatic heterocycles. The summed E-state index contributed by atoms with van der Waals surface area (Å²) in [5.74, 6) is 0.582. The van der Waals surface area contributed by atoms with Crippen LogP contribution in [-0.2, 0) is 18.7 Å². The number of hydrogen-bond donors (Lipinski definition) is 1. The zero-order valence-electron chi connectivity index (χ0n) is 15.1. The second-order valence-electron chi connectivity index (χ2n) is 7.63. The summed E-state index contributed by atoms with van der Waals surface area (Å²) in [5.41, 5.74) is 0.959. The van der Waals surface area contributed by atoms with Crippen molar-refractivity contribution in [2.75, 3.05) is 13.1 Å². The van der Waals surface area contributed by atoms with Crippen molar-refractivity contribution in [2.24, 2.45) is 5.92 Å². The fourth-order valence-corrected chi connectivity index (χ4v) is 3.18. The normalized spacial score (nSPS) is 22.1. The van der Waals surface area contributed by atoms with E-state index in [1.54, 1.807) is 4.68 Å². The molecule has 0 bridgehead atoms. The first kappa shape index (κ1) is 17.1. The van der Waals surface area contributed by atoms with Gasteiger partial charge in [0.25, 0.3) is 0 Å². The van der Waals surface area contributed by atoms with Crippen molar-refractivity contribution >= 4 is 0 Å². The van der Waals surface area contributed by atoms with E-state index < -0.39 is 5.60 Å². The van der Waals surface area contributed by atoms with Crippen molar-refractivity contribution in [3.05, 3.63) is 29.8 Å². The fourth-order valence-electron chi connectivity index (χ4n) is 3.18. The summed E-state index contributed by atoms with van der Waals surface area (Å²) >= 11 is 0. The third-order valence-electron chi connectivity index (χ3n) is 4.49. The summed E-state index contributed by atoms with van der Waals surface area (Å²) in [6, 6.07) is 0.249. The summed E-state index contributed by atoms with van der Waals surface area (Å²) in [6.45, 7) is 11.6. The van der Waals surface area contributed by atoms with Crippen LogP contribution in [0.4, 0.5) is 0 Å². The Bertz CT molecular complexity index is 676. The highest BCUT2D eigenvalue weighted by Gasteiger charge is 2.40. The van der Waals surface area contributed by atoms with E-state index in [0.29, 0.717) is 24.6 Å². The van der Waals surface area contributed by atoms with Gasteiger partial charge in [-0.25, -0.2) is 4.68 Å². The van der Waals surface area contributed by atoms with Gasteiger partial charge in [0.2, 0.25) is 0 Å². The average Bonchev–Trinajstić information content (AvgIpc) is 3.19. The van der Waals surface area contributed by atoms with Crippen molar-refractivity contribution < 1.29 is 5.11 Å². The van der Waals surface area contributed by atoms with Gasteiger partial charge in [0.15, 0.2) is 0 Å². The Morgan fingerprint density at radius 1 is 1.25 bits per heavy atom. The monoisotopic (exact) mass is 332 g/mol. The maximum atomic E-state index is 11.0. The number of hydrogen-bond acceptors (Lipinski definition) is 5. The Hall–Kier alpha value is -1.73. The van der Waals surface area contributed by atoms with E-state index in [1.165, 1.54) is 5.56 Å². The number of β-amino-alcohol motifs (C(OH)–C–C–N with tert-alkyl or cyclic N) is 1. The molecule has 1 N–H and O–H groups in total. The standard InChI is InChI=1S/C17H28N6O/c1-13(2)8-22-10-15(7-18-22)9-21-6-5-17(24,12-21)16-11-23(14(3)4)20-19-16/h7,10-11,13-14,24H,5-6,8-9,12H2,1-4H3. The Morgan fingerprint density at radius 2 is 2.04 bits per heavy atom. The quantitative estimate of drug-likeness (QED) is 0.873. The molecule has 0 aliphatic carbocycles. The number of nitrogens with zero attached hydrogens (tertiary/aromatic N) is 6. The van der Waals surface area contributed by atoms with E-state index >= 15 is 0 Å². The highest BCUT2D eigenvalue weighted by atomic mass is 16.3. The maximum absolute atomic E-state index is 11.0. The lowest BCUT2D eigenvalue weighted by Crippen LogP contribution is -2.31. The van der Waals surface area contributed by atoms with Gasteiger partial charge in [-0.15, -0.1) is 5.10 Å². The number of likely N-dealkylation sites (tertiary alicyclic amines) is 1. The van der Waals surface area contributed by atoms with Crippen LogP contribution >= 0.6 is 0 Å². The van der Waals surface area contributed by atoms with Crippen molar-refractivity contribution in [2.45, 2.75) is 58.8 Å². The Labute approximate surface area is 143 Å². The van der Waals surface area contributed by atoms with Crippen molar-refractivity contribution in [1.29, 1.82) is 0 Å². The first-order valence-electron chi connectivity index (χ1n) is 8.74. The molecule has 24 heavy (non-hydrogen) atoms. The average molecular weight is 332 g/mol. The molecule has 1 atom stereocenters. The van der Waals surface area contributed by atoms with E-state index in [1.807, 2.05) is 17.1 Å². The molecule has 0 amide bonds. The topological polar surface area (TPSA) is 72.0 Å². The highest BCUT2D eigenvalue weighted by molar-refractivity contribution is 5.13. The molecule has 2 aromatic heterocycles. The Kier molecular flexibility index (Phi) is 4.73. The Balaban J connectivity index is 1.62. The lowest BCUT2D eigenvalue weighted by atomic mass is 10.00. The highest BCUT2D eigenvalue weighted by Crippen LogP contribution is 2.31. The molecule has 0 saturated carbocycles. The molecule has 7 nitrogen and oxygen atoms in total. The fraction of sp³-hybridized carbons (Fsp3) is 0.706. The van der Waals surface area contributed by atoms with Crippen molar-refractivity contribution in [3.8, 4) is 0 Å². The zero-order valence-corrected chi connectivity index (χ0v) is 15.1. The molecule has 2 aromatic rings. The van der Waals surface area contributed by atoms with E-state index in [9.17, 15) is 5.11 Å². The molecule has 0 radical (unpaired) electrons. The van der Waals surface area contributed by atoms with Crippen molar-refractivity contribution in [1.82, 2.24) is 29.7 Å². The van der Waals surface area contributed by atoms with Crippen LogP contribution in [0.3, 0.4) is 0 Å². The molecule has 7 heteroatoms. The number of aromatic nitrogens is 5. The minimum absolute atomic E-state index is 0.249. The van der Waals surface area contributed by atoms with E-state index in [4.69, 9.17) is 0 Å². The lowest BCUT2D eigenvalue weighted by molar-refractivity contribution is 0.0408. The third kappa shape index (κ3) is 3.67. The zero-order chi connectivity index (χ0) is 17.3. The molecule has 1 saturated heterocycles. The van der Waals surface area contributed by atoms with E-state index in [2.05, 4.69) is 54.2 Å². The molecule has 0 aromatic carbocycles. The van der Waals surface area contributed by atoms with Crippen LogP contribution in [0.2, 0.25) is 0 Å². The van der Waals surface area contributed by atoms with Gasteiger partial charge >= 0.3 is 0 Å². The molecule has 0 spiro atoms. The van der Waals surface area contributed by atoms with E-state index in [0.717, 1.165) is 19.6 Å². The van der Waals surface area contributed by atoms with Crippen LogP contribution in [-0.4, -0.2) is 47.9 Å².